The summed E-state index contributed by atoms with van der Waals surface area (Å²) >= 11 is 0. The monoisotopic (exact) mass is 214 g/mol. The van der Waals surface area contributed by atoms with E-state index in [0.717, 1.165) is 16.8 Å². The fourth-order valence-corrected chi connectivity index (χ4v) is 1.79. The standard InChI is InChI=1S/C13H14N2O/c1-9-5-3-4-6-10(9)12-8-7-11(14)13(16)15(12)2/h3-8H,14H2,1-2H3. The predicted molar refractivity (Wildman–Crippen MR) is 66.3 cm³/mol. The third kappa shape index (κ3) is 1.60. The first kappa shape index (κ1) is 10.5. The zero-order valence-corrected chi connectivity index (χ0v) is 9.40. The Balaban J connectivity index is 2.71. The van der Waals surface area contributed by atoms with E-state index in [1.165, 1.54) is 0 Å². The zero-order valence-electron chi connectivity index (χ0n) is 9.40. The van der Waals surface area contributed by atoms with Crippen LogP contribution in [-0.2, 0) is 7.05 Å². The van der Waals surface area contributed by atoms with Crippen molar-refractivity contribution < 1.29 is 0 Å². The molecule has 0 fully saturated rings. The number of nitrogens with zero attached hydrogens (tertiary/aromatic N) is 1. The number of pyridine rings is 1. The van der Waals surface area contributed by atoms with E-state index in [-0.39, 0.29) is 11.2 Å². The summed E-state index contributed by atoms with van der Waals surface area (Å²) in [6, 6.07) is 11.5. The molecule has 16 heavy (non-hydrogen) atoms. The first-order valence-electron chi connectivity index (χ1n) is 5.13. The van der Waals surface area contributed by atoms with Crippen LogP contribution < -0.4 is 11.3 Å². The molecule has 0 saturated heterocycles. The second kappa shape index (κ2) is 3.85. The number of rotatable bonds is 1. The van der Waals surface area contributed by atoms with Gasteiger partial charge in [0.15, 0.2) is 0 Å². The van der Waals surface area contributed by atoms with Crippen LogP contribution in [0.25, 0.3) is 11.3 Å². The van der Waals surface area contributed by atoms with Crippen LogP contribution in [-0.4, -0.2) is 4.57 Å². The number of nitrogen functional groups attached to an aromatic ring is 1. The highest BCUT2D eigenvalue weighted by molar-refractivity contribution is 5.65. The van der Waals surface area contributed by atoms with Gasteiger partial charge in [0, 0.05) is 12.6 Å². The van der Waals surface area contributed by atoms with Gasteiger partial charge in [-0.1, -0.05) is 24.3 Å². The third-order valence-corrected chi connectivity index (χ3v) is 2.75. The molecule has 0 radical (unpaired) electrons. The molecule has 2 N–H and O–H groups in total. The van der Waals surface area contributed by atoms with Crippen LogP contribution >= 0.6 is 0 Å². The van der Waals surface area contributed by atoms with Crippen LogP contribution in [0, 0.1) is 6.92 Å². The van der Waals surface area contributed by atoms with Crippen LogP contribution in [0.2, 0.25) is 0 Å². The molecule has 3 nitrogen and oxygen atoms in total. The minimum absolute atomic E-state index is 0.152. The van der Waals surface area contributed by atoms with Crippen LogP contribution in [0.4, 0.5) is 5.69 Å². The molecule has 0 saturated carbocycles. The van der Waals surface area contributed by atoms with Gasteiger partial charge in [-0.25, -0.2) is 0 Å². The number of hydrogen-bond acceptors (Lipinski definition) is 2. The summed E-state index contributed by atoms with van der Waals surface area (Å²) in [5.41, 5.74) is 8.78. The van der Waals surface area contributed by atoms with E-state index in [4.69, 9.17) is 5.73 Å². The molecular formula is C13H14N2O. The number of nitrogens with two attached hydrogens (primary N) is 1. The summed E-state index contributed by atoms with van der Waals surface area (Å²) in [6.45, 7) is 2.02. The van der Waals surface area contributed by atoms with Gasteiger partial charge in [-0.2, -0.15) is 0 Å². The molecular weight excluding hydrogens is 200 g/mol. The highest BCUT2D eigenvalue weighted by atomic mass is 16.1. The summed E-state index contributed by atoms with van der Waals surface area (Å²) in [4.78, 5) is 11.7. The van der Waals surface area contributed by atoms with Crippen LogP contribution in [0.5, 0.6) is 0 Å². The van der Waals surface area contributed by atoms with E-state index in [2.05, 4.69) is 0 Å². The van der Waals surface area contributed by atoms with Crippen molar-refractivity contribution in [1.29, 1.82) is 0 Å². The van der Waals surface area contributed by atoms with Gasteiger partial charge < -0.3 is 10.3 Å². The maximum Gasteiger partial charge on any atom is 0.273 e. The quantitative estimate of drug-likeness (QED) is 0.788. The third-order valence-electron chi connectivity index (χ3n) is 2.75. The molecule has 2 rings (SSSR count). The second-order valence-corrected chi connectivity index (χ2v) is 3.85. The lowest BCUT2D eigenvalue weighted by Crippen LogP contribution is -2.21. The number of benzene rings is 1. The lowest BCUT2D eigenvalue weighted by molar-refractivity contribution is 0.873. The molecule has 0 aliphatic rings. The molecule has 0 spiro atoms. The Morgan fingerprint density at radius 1 is 1.12 bits per heavy atom. The maximum absolute atomic E-state index is 11.7. The Morgan fingerprint density at radius 2 is 1.81 bits per heavy atom. The van der Waals surface area contributed by atoms with Crippen molar-refractivity contribution in [2.75, 3.05) is 5.73 Å². The number of aromatic nitrogens is 1. The molecule has 0 amide bonds. The highest BCUT2D eigenvalue weighted by Crippen LogP contribution is 2.21. The van der Waals surface area contributed by atoms with Crippen LogP contribution in [0.3, 0.4) is 0 Å². The number of anilines is 1. The highest BCUT2D eigenvalue weighted by Gasteiger charge is 2.06. The second-order valence-electron chi connectivity index (χ2n) is 3.85. The van der Waals surface area contributed by atoms with Gasteiger partial charge in [-0.05, 0) is 24.6 Å². The first-order chi connectivity index (χ1) is 7.61. The average Bonchev–Trinajstić information content (AvgIpc) is 2.28. The van der Waals surface area contributed by atoms with Gasteiger partial charge in [0.2, 0.25) is 0 Å². The molecule has 0 aliphatic carbocycles. The molecule has 0 bridgehead atoms. The Bertz CT molecular complexity index is 585. The molecule has 1 aromatic carbocycles. The van der Waals surface area contributed by atoms with Crippen molar-refractivity contribution >= 4 is 5.69 Å². The SMILES string of the molecule is Cc1ccccc1-c1ccc(N)c(=O)n1C. The van der Waals surface area contributed by atoms with Crippen molar-refractivity contribution in [3.05, 3.63) is 52.3 Å². The summed E-state index contributed by atoms with van der Waals surface area (Å²) in [7, 11) is 1.74. The van der Waals surface area contributed by atoms with Crippen molar-refractivity contribution in [2.24, 2.45) is 7.05 Å². The van der Waals surface area contributed by atoms with Crippen molar-refractivity contribution in [3.63, 3.8) is 0 Å². The van der Waals surface area contributed by atoms with Gasteiger partial charge >= 0.3 is 0 Å². The molecule has 1 aromatic heterocycles. The zero-order chi connectivity index (χ0) is 11.7. The number of aryl methyl sites for hydroxylation is 1. The van der Waals surface area contributed by atoms with Gasteiger partial charge in [-0.3, -0.25) is 4.79 Å². The van der Waals surface area contributed by atoms with E-state index >= 15 is 0 Å². The largest absolute Gasteiger partial charge is 0.394 e. The van der Waals surface area contributed by atoms with Crippen molar-refractivity contribution in [1.82, 2.24) is 4.57 Å². The van der Waals surface area contributed by atoms with E-state index < -0.39 is 0 Å². The fourth-order valence-electron chi connectivity index (χ4n) is 1.79. The summed E-state index contributed by atoms with van der Waals surface area (Å²) in [5, 5.41) is 0. The minimum atomic E-state index is -0.152. The normalized spacial score (nSPS) is 10.4. The smallest absolute Gasteiger partial charge is 0.273 e. The predicted octanol–water partition coefficient (Wildman–Crippen LogP) is 1.94. The topological polar surface area (TPSA) is 48.0 Å². The molecule has 1 heterocycles. The van der Waals surface area contributed by atoms with Crippen LogP contribution in [0.15, 0.2) is 41.2 Å². The van der Waals surface area contributed by atoms with Crippen molar-refractivity contribution in [2.45, 2.75) is 6.92 Å². The Morgan fingerprint density at radius 3 is 2.50 bits per heavy atom. The molecule has 3 heteroatoms. The van der Waals surface area contributed by atoms with Gasteiger partial charge in [0.25, 0.3) is 5.56 Å². The summed E-state index contributed by atoms with van der Waals surface area (Å²) < 4.78 is 1.58. The molecule has 0 aliphatic heterocycles. The lowest BCUT2D eigenvalue weighted by Gasteiger charge is -2.11. The van der Waals surface area contributed by atoms with E-state index in [1.54, 1.807) is 17.7 Å². The van der Waals surface area contributed by atoms with Crippen molar-refractivity contribution in [3.8, 4) is 11.3 Å². The Kier molecular flexibility index (Phi) is 2.52. The minimum Gasteiger partial charge on any atom is -0.394 e. The first-order valence-corrected chi connectivity index (χ1v) is 5.13. The summed E-state index contributed by atoms with van der Waals surface area (Å²) in [5.74, 6) is 0. The average molecular weight is 214 g/mol. The molecule has 0 atom stereocenters. The van der Waals surface area contributed by atoms with E-state index in [9.17, 15) is 4.79 Å². The maximum atomic E-state index is 11.7. The van der Waals surface area contributed by atoms with Gasteiger partial charge in [0.1, 0.15) is 0 Å². The fraction of sp³-hybridized carbons (Fsp3) is 0.154. The molecule has 0 unspecified atom stereocenters. The van der Waals surface area contributed by atoms with E-state index in [1.807, 2.05) is 37.3 Å². The molecule has 2 aromatic rings. The Labute approximate surface area is 94.1 Å². The van der Waals surface area contributed by atoms with Crippen LogP contribution in [0.1, 0.15) is 5.56 Å². The molecule has 82 valence electrons. The van der Waals surface area contributed by atoms with Gasteiger partial charge in [0.05, 0.1) is 11.4 Å². The van der Waals surface area contributed by atoms with Gasteiger partial charge in [-0.15, -0.1) is 0 Å². The lowest BCUT2D eigenvalue weighted by atomic mass is 10.0. The van der Waals surface area contributed by atoms with E-state index in [0.29, 0.717) is 0 Å². The number of hydrogen-bond donors (Lipinski definition) is 1. The Hall–Kier alpha value is -2.03. The summed E-state index contributed by atoms with van der Waals surface area (Å²) in [6.07, 6.45) is 0.